The van der Waals surface area contributed by atoms with Gasteiger partial charge in [0.05, 0.1) is 11.3 Å². The van der Waals surface area contributed by atoms with Gasteiger partial charge in [-0.05, 0) is 24.3 Å². The van der Waals surface area contributed by atoms with E-state index in [9.17, 15) is 14.4 Å². The van der Waals surface area contributed by atoms with Crippen LogP contribution in [0.2, 0.25) is 0 Å². The molecule has 1 saturated heterocycles. The smallest absolute Gasteiger partial charge is 0.335 e. The van der Waals surface area contributed by atoms with Gasteiger partial charge in [-0.2, -0.15) is 0 Å². The van der Waals surface area contributed by atoms with E-state index in [0.717, 1.165) is 4.90 Å². The van der Waals surface area contributed by atoms with Gasteiger partial charge < -0.3 is 5.11 Å². The first-order valence-corrected chi connectivity index (χ1v) is 5.21. The van der Waals surface area contributed by atoms with Gasteiger partial charge in [-0.25, -0.2) is 4.79 Å². The second-order valence-electron chi connectivity index (χ2n) is 4.02. The van der Waals surface area contributed by atoms with Gasteiger partial charge >= 0.3 is 5.97 Å². The van der Waals surface area contributed by atoms with Gasteiger partial charge in [0, 0.05) is 12.3 Å². The second kappa shape index (κ2) is 4.01. The van der Waals surface area contributed by atoms with Crippen molar-refractivity contribution in [3.8, 4) is 0 Å². The molecule has 1 fully saturated rings. The Hall–Kier alpha value is -2.17. The minimum atomic E-state index is -1.04. The molecule has 0 spiro atoms. The van der Waals surface area contributed by atoms with Crippen LogP contribution in [0, 0.1) is 5.92 Å². The fourth-order valence-electron chi connectivity index (χ4n) is 1.81. The monoisotopic (exact) mass is 233 g/mol. The predicted octanol–water partition coefficient (Wildman–Crippen LogP) is 1.28. The SMILES string of the molecule is CC1CC(=O)N(c2ccc(C(=O)O)cc2)C1=O. The summed E-state index contributed by atoms with van der Waals surface area (Å²) in [7, 11) is 0. The fraction of sp³-hybridized carbons (Fsp3) is 0.250. The maximum atomic E-state index is 11.7. The molecule has 1 aromatic rings. The van der Waals surface area contributed by atoms with E-state index in [4.69, 9.17) is 5.11 Å². The molecule has 1 heterocycles. The molecule has 0 aromatic heterocycles. The number of benzene rings is 1. The Balaban J connectivity index is 2.32. The van der Waals surface area contributed by atoms with Crippen molar-refractivity contribution in [1.82, 2.24) is 0 Å². The second-order valence-corrected chi connectivity index (χ2v) is 4.02. The third-order valence-corrected chi connectivity index (χ3v) is 2.74. The lowest BCUT2D eigenvalue weighted by molar-refractivity contribution is -0.122. The van der Waals surface area contributed by atoms with Crippen LogP contribution in [0.3, 0.4) is 0 Å². The van der Waals surface area contributed by atoms with Gasteiger partial charge in [0.25, 0.3) is 0 Å². The minimum absolute atomic E-state index is 0.126. The number of aromatic carboxylic acids is 1. The summed E-state index contributed by atoms with van der Waals surface area (Å²) in [5.74, 6) is -1.82. The van der Waals surface area contributed by atoms with Crippen LogP contribution < -0.4 is 4.90 Å². The largest absolute Gasteiger partial charge is 0.478 e. The Bertz CT molecular complexity index is 492. The van der Waals surface area contributed by atoms with Crippen LogP contribution in [-0.4, -0.2) is 22.9 Å². The summed E-state index contributed by atoms with van der Waals surface area (Å²) < 4.78 is 0. The highest BCUT2D eigenvalue weighted by atomic mass is 16.4. The Kier molecular flexibility index (Phi) is 2.67. The van der Waals surface area contributed by atoms with Crippen LogP contribution in [0.15, 0.2) is 24.3 Å². The first-order valence-electron chi connectivity index (χ1n) is 5.21. The fourth-order valence-corrected chi connectivity index (χ4v) is 1.81. The highest BCUT2D eigenvalue weighted by Gasteiger charge is 2.36. The summed E-state index contributed by atoms with van der Waals surface area (Å²) in [6.07, 6.45) is 0.208. The molecular weight excluding hydrogens is 222 g/mol. The molecule has 1 atom stereocenters. The molecule has 1 aliphatic rings. The average Bonchev–Trinajstić information content (AvgIpc) is 2.53. The topological polar surface area (TPSA) is 74.7 Å². The summed E-state index contributed by atoms with van der Waals surface area (Å²) >= 11 is 0. The van der Waals surface area contributed by atoms with E-state index >= 15 is 0 Å². The molecule has 1 aromatic carbocycles. The Morgan fingerprint density at radius 2 is 1.88 bits per heavy atom. The Morgan fingerprint density at radius 1 is 1.29 bits per heavy atom. The molecule has 17 heavy (non-hydrogen) atoms. The van der Waals surface area contributed by atoms with Crippen LogP contribution in [0.1, 0.15) is 23.7 Å². The lowest BCUT2D eigenvalue weighted by atomic mass is 10.1. The van der Waals surface area contributed by atoms with E-state index in [1.807, 2.05) is 0 Å². The number of hydrogen-bond acceptors (Lipinski definition) is 3. The molecule has 0 bridgehead atoms. The van der Waals surface area contributed by atoms with E-state index in [0.29, 0.717) is 5.69 Å². The summed E-state index contributed by atoms with van der Waals surface area (Å²) in [6.45, 7) is 1.70. The van der Waals surface area contributed by atoms with Gasteiger partial charge in [0.15, 0.2) is 0 Å². The van der Waals surface area contributed by atoms with E-state index in [1.54, 1.807) is 6.92 Å². The van der Waals surface area contributed by atoms with E-state index in [2.05, 4.69) is 0 Å². The number of anilines is 1. The molecule has 1 aliphatic heterocycles. The van der Waals surface area contributed by atoms with Gasteiger partial charge in [-0.15, -0.1) is 0 Å². The number of carbonyl (C=O) groups excluding carboxylic acids is 2. The first kappa shape index (κ1) is 11.3. The number of imide groups is 1. The normalized spacial score (nSPS) is 19.8. The highest BCUT2D eigenvalue weighted by molar-refractivity contribution is 6.20. The van der Waals surface area contributed by atoms with Crippen LogP contribution in [-0.2, 0) is 9.59 Å². The molecule has 0 aliphatic carbocycles. The number of carbonyl (C=O) groups is 3. The lowest BCUT2D eigenvalue weighted by Crippen LogP contribution is -2.29. The van der Waals surface area contributed by atoms with E-state index in [1.165, 1.54) is 24.3 Å². The molecule has 2 rings (SSSR count). The molecule has 2 amide bonds. The Morgan fingerprint density at radius 3 is 2.29 bits per heavy atom. The summed E-state index contributed by atoms with van der Waals surface area (Å²) in [4.78, 5) is 35.1. The molecular formula is C12H11NO4. The van der Waals surface area contributed by atoms with Gasteiger partial charge in [-0.3, -0.25) is 14.5 Å². The minimum Gasteiger partial charge on any atom is -0.478 e. The third-order valence-electron chi connectivity index (χ3n) is 2.74. The van der Waals surface area contributed by atoms with Crippen molar-refractivity contribution in [2.75, 3.05) is 4.90 Å². The van der Waals surface area contributed by atoms with E-state index in [-0.39, 0.29) is 29.7 Å². The number of carboxylic acids is 1. The quantitative estimate of drug-likeness (QED) is 0.781. The summed E-state index contributed by atoms with van der Waals surface area (Å²) in [5.41, 5.74) is 0.551. The number of nitrogens with zero attached hydrogens (tertiary/aromatic N) is 1. The van der Waals surface area contributed by atoms with Crippen molar-refractivity contribution in [3.05, 3.63) is 29.8 Å². The molecule has 5 nitrogen and oxygen atoms in total. The number of hydrogen-bond donors (Lipinski definition) is 1. The molecule has 1 unspecified atom stereocenters. The van der Waals surface area contributed by atoms with Gasteiger partial charge in [0.1, 0.15) is 0 Å². The van der Waals surface area contributed by atoms with Crippen molar-refractivity contribution in [3.63, 3.8) is 0 Å². The molecule has 1 N–H and O–H groups in total. The van der Waals surface area contributed by atoms with Crippen LogP contribution >= 0.6 is 0 Å². The standard InChI is InChI=1S/C12H11NO4/c1-7-6-10(14)13(11(7)15)9-4-2-8(3-5-9)12(16)17/h2-5,7H,6H2,1H3,(H,16,17). The van der Waals surface area contributed by atoms with Crippen LogP contribution in [0.4, 0.5) is 5.69 Å². The van der Waals surface area contributed by atoms with Crippen molar-refractivity contribution in [1.29, 1.82) is 0 Å². The Labute approximate surface area is 97.7 Å². The highest BCUT2D eigenvalue weighted by Crippen LogP contribution is 2.26. The van der Waals surface area contributed by atoms with Gasteiger partial charge in [0.2, 0.25) is 11.8 Å². The molecule has 0 saturated carbocycles. The maximum absolute atomic E-state index is 11.7. The lowest BCUT2D eigenvalue weighted by Gasteiger charge is -2.14. The maximum Gasteiger partial charge on any atom is 0.335 e. The zero-order valence-electron chi connectivity index (χ0n) is 9.21. The molecule has 5 heteroatoms. The van der Waals surface area contributed by atoms with Crippen molar-refractivity contribution < 1.29 is 19.5 Å². The van der Waals surface area contributed by atoms with Gasteiger partial charge in [-0.1, -0.05) is 6.92 Å². The average molecular weight is 233 g/mol. The third kappa shape index (κ3) is 1.91. The molecule has 0 radical (unpaired) electrons. The predicted molar refractivity (Wildman–Crippen MR) is 59.7 cm³/mol. The van der Waals surface area contributed by atoms with E-state index < -0.39 is 5.97 Å². The summed E-state index contributed by atoms with van der Waals surface area (Å²) in [5, 5.41) is 8.74. The zero-order valence-corrected chi connectivity index (χ0v) is 9.21. The van der Waals surface area contributed by atoms with Crippen LogP contribution in [0.25, 0.3) is 0 Å². The van der Waals surface area contributed by atoms with Crippen molar-refractivity contribution in [2.45, 2.75) is 13.3 Å². The van der Waals surface area contributed by atoms with Crippen molar-refractivity contribution >= 4 is 23.5 Å². The molecule has 88 valence electrons. The number of carboxylic acid groups (broad SMARTS) is 1. The summed E-state index contributed by atoms with van der Waals surface area (Å²) in [6, 6.07) is 5.69. The van der Waals surface area contributed by atoms with Crippen LogP contribution in [0.5, 0.6) is 0 Å². The van der Waals surface area contributed by atoms with Crippen molar-refractivity contribution in [2.24, 2.45) is 5.92 Å². The number of rotatable bonds is 2. The number of amides is 2. The zero-order chi connectivity index (χ0) is 12.6. The first-order chi connectivity index (χ1) is 8.00.